The lowest BCUT2D eigenvalue weighted by Gasteiger charge is -2.39. The second-order valence-corrected chi connectivity index (χ2v) is 10.0. The Kier molecular flexibility index (Phi) is 8.58. The molecule has 1 aromatic rings. The van der Waals surface area contributed by atoms with Gasteiger partial charge in [-0.05, 0) is 76.8 Å². The summed E-state index contributed by atoms with van der Waals surface area (Å²) in [6.07, 6.45) is 6.95. The maximum absolute atomic E-state index is 12.7. The average Bonchev–Trinajstić information content (AvgIpc) is 3.25. The van der Waals surface area contributed by atoms with Gasteiger partial charge in [0.05, 0.1) is 6.04 Å². The molecule has 3 heterocycles. The van der Waals surface area contributed by atoms with Crippen LogP contribution in [-0.4, -0.2) is 91.1 Å². The van der Waals surface area contributed by atoms with Gasteiger partial charge in [0.15, 0.2) is 0 Å². The minimum Gasteiger partial charge on any atom is -0.358 e. The van der Waals surface area contributed by atoms with E-state index in [2.05, 4.69) is 62.6 Å². The van der Waals surface area contributed by atoms with Gasteiger partial charge in [-0.3, -0.25) is 14.6 Å². The van der Waals surface area contributed by atoms with Crippen LogP contribution in [0, 0.1) is 0 Å². The number of nitrogens with one attached hydrogen (secondary N) is 2. The Balaban J connectivity index is 1.26. The minimum atomic E-state index is 0.0263. The lowest BCUT2D eigenvalue weighted by atomic mass is 10.0. The summed E-state index contributed by atoms with van der Waals surface area (Å²) in [5, 5.41) is 6.88. The third-order valence-corrected chi connectivity index (χ3v) is 7.76. The summed E-state index contributed by atoms with van der Waals surface area (Å²) in [5.41, 5.74) is 1.41. The zero-order valence-electron chi connectivity index (χ0n) is 20.1. The molecule has 6 heteroatoms. The van der Waals surface area contributed by atoms with Crippen molar-refractivity contribution in [2.24, 2.45) is 0 Å². The number of rotatable bonds is 8. The summed E-state index contributed by atoms with van der Waals surface area (Å²) >= 11 is 0. The summed E-state index contributed by atoms with van der Waals surface area (Å²) in [5.74, 6) is 0.197. The maximum Gasteiger partial charge on any atom is 0.237 e. The van der Waals surface area contributed by atoms with Gasteiger partial charge in [0, 0.05) is 38.3 Å². The number of benzene rings is 1. The van der Waals surface area contributed by atoms with Crippen LogP contribution in [0.15, 0.2) is 30.3 Å². The Morgan fingerprint density at radius 3 is 2.31 bits per heavy atom. The van der Waals surface area contributed by atoms with Crippen LogP contribution < -0.4 is 10.6 Å². The lowest BCUT2D eigenvalue weighted by molar-refractivity contribution is -0.126. The van der Waals surface area contributed by atoms with Crippen LogP contribution in [-0.2, 0) is 11.3 Å². The number of likely N-dealkylation sites (N-methyl/N-ethyl adjacent to an activating group) is 1. The molecule has 32 heavy (non-hydrogen) atoms. The number of nitrogens with zero attached hydrogens (tertiary/aromatic N) is 3. The van der Waals surface area contributed by atoms with Crippen LogP contribution in [0.25, 0.3) is 0 Å². The molecule has 2 atom stereocenters. The minimum absolute atomic E-state index is 0.0263. The Morgan fingerprint density at radius 2 is 1.66 bits per heavy atom. The Bertz CT molecular complexity index is 697. The number of piperidine rings is 2. The second-order valence-electron chi connectivity index (χ2n) is 10.0. The summed E-state index contributed by atoms with van der Waals surface area (Å²) in [7, 11) is 1.79. The van der Waals surface area contributed by atoms with Crippen molar-refractivity contribution in [1.82, 2.24) is 25.3 Å². The van der Waals surface area contributed by atoms with Crippen LogP contribution in [0.5, 0.6) is 0 Å². The van der Waals surface area contributed by atoms with E-state index in [0.717, 1.165) is 32.6 Å². The highest BCUT2D eigenvalue weighted by molar-refractivity contribution is 5.82. The number of carbonyl (C=O) groups is 1. The first-order valence-corrected chi connectivity index (χ1v) is 12.9. The van der Waals surface area contributed by atoms with E-state index in [1.54, 1.807) is 7.05 Å². The van der Waals surface area contributed by atoms with Gasteiger partial charge in [0.25, 0.3) is 0 Å². The van der Waals surface area contributed by atoms with Crippen molar-refractivity contribution in [1.29, 1.82) is 0 Å². The van der Waals surface area contributed by atoms with E-state index in [4.69, 9.17) is 0 Å². The van der Waals surface area contributed by atoms with Crippen molar-refractivity contribution in [2.75, 3.05) is 46.3 Å². The van der Waals surface area contributed by atoms with E-state index in [1.807, 2.05) is 0 Å². The standard InChI is InChI=1S/C26H43N5O/c1-3-13-29-16-11-24(12-17-29)31-20-23(18-25(31)26(32)27-2)28-22-9-14-30(15-10-22)19-21-7-5-4-6-8-21/h4-8,22-25,28H,3,9-20H2,1-2H3,(H,27,32)/t23-,25+/m1/s1. The van der Waals surface area contributed by atoms with Crippen molar-refractivity contribution < 1.29 is 4.79 Å². The number of hydrogen-bond donors (Lipinski definition) is 2. The molecular formula is C26H43N5O. The normalized spacial score (nSPS) is 27.1. The summed E-state index contributed by atoms with van der Waals surface area (Å²) in [4.78, 5) is 20.4. The molecule has 0 aliphatic carbocycles. The summed E-state index contributed by atoms with van der Waals surface area (Å²) in [6, 6.07) is 12.4. The van der Waals surface area contributed by atoms with Crippen LogP contribution in [0.1, 0.15) is 51.0 Å². The van der Waals surface area contributed by atoms with Gasteiger partial charge >= 0.3 is 0 Å². The maximum atomic E-state index is 12.7. The molecule has 1 amide bonds. The zero-order valence-corrected chi connectivity index (χ0v) is 20.1. The van der Waals surface area contributed by atoms with Crippen molar-refractivity contribution in [3.63, 3.8) is 0 Å². The lowest BCUT2D eigenvalue weighted by Crippen LogP contribution is -2.51. The van der Waals surface area contributed by atoms with Crippen molar-refractivity contribution in [2.45, 2.75) is 76.2 Å². The number of hydrogen-bond acceptors (Lipinski definition) is 5. The second kappa shape index (κ2) is 11.6. The topological polar surface area (TPSA) is 50.9 Å². The van der Waals surface area contributed by atoms with Crippen LogP contribution in [0.3, 0.4) is 0 Å². The summed E-state index contributed by atoms with van der Waals surface area (Å²) in [6.45, 7) is 10.2. The fourth-order valence-corrected chi connectivity index (χ4v) is 6.03. The Labute approximate surface area is 194 Å². The molecule has 3 saturated heterocycles. The van der Waals surface area contributed by atoms with Crippen molar-refractivity contribution in [3.8, 4) is 0 Å². The van der Waals surface area contributed by atoms with E-state index in [-0.39, 0.29) is 11.9 Å². The Hall–Kier alpha value is -1.47. The van der Waals surface area contributed by atoms with E-state index in [0.29, 0.717) is 18.1 Å². The first-order chi connectivity index (χ1) is 15.7. The SMILES string of the molecule is CCCN1CCC(N2C[C@H](NC3CCN(Cc4ccccc4)CC3)C[C@H]2C(=O)NC)CC1. The van der Waals surface area contributed by atoms with Gasteiger partial charge in [0.1, 0.15) is 0 Å². The van der Waals surface area contributed by atoms with Gasteiger partial charge in [-0.15, -0.1) is 0 Å². The molecule has 0 radical (unpaired) electrons. The molecule has 3 aliphatic rings. The van der Waals surface area contributed by atoms with E-state index < -0.39 is 0 Å². The summed E-state index contributed by atoms with van der Waals surface area (Å²) < 4.78 is 0. The first-order valence-electron chi connectivity index (χ1n) is 12.9. The number of carbonyl (C=O) groups excluding carboxylic acids is 1. The molecule has 6 nitrogen and oxygen atoms in total. The molecule has 0 saturated carbocycles. The average molecular weight is 442 g/mol. The molecule has 0 unspecified atom stereocenters. The molecule has 0 spiro atoms. The van der Waals surface area contributed by atoms with E-state index >= 15 is 0 Å². The third kappa shape index (κ3) is 6.10. The van der Waals surface area contributed by atoms with E-state index in [9.17, 15) is 4.79 Å². The van der Waals surface area contributed by atoms with Gasteiger partial charge in [-0.2, -0.15) is 0 Å². The molecule has 0 aromatic heterocycles. The van der Waals surface area contributed by atoms with Crippen molar-refractivity contribution >= 4 is 5.91 Å². The monoisotopic (exact) mass is 441 g/mol. The predicted molar refractivity (Wildman–Crippen MR) is 131 cm³/mol. The van der Waals surface area contributed by atoms with Gasteiger partial charge in [-0.25, -0.2) is 0 Å². The van der Waals surface area contributed by atoms with Gasteiger partial charge in [-0.1, -0.05) is 37.3 Å². The van der Waals surface area contributed by atoms with Crippen molar-refractivity contribution in [3.05, 3.63) is 35.9 Å². The number of amides is 1. The van der Waals surface area contributed by atoms with Crippen LogP contribution in [0.4, 0.5) is 0 Å². The third-order valence-electron chi connectivity index (χ3n) is 7.76. The zero-order chi connectivity index (χ0) is 22.3. The molecule has 178 valence electrons. The predicted octanol–water partition coefficient (Wildman–Crippen LogP) is 2.30. The molecule has 0 bridgehead atoms. The van der Waals surface area contributed by atoms with E-state index in [1.165, 1.54) is 57.3 Å². The highest BCUT2D eigenvalue weighted by Gasteiger charge is 2.41. The Morgan fingerprint density at radius 1 is 0.969 bits per heavy atom. The molecule has 4 rings (SSSR count). The highest BCUT2D eigenvalue weighted by Crippen LogP contribution is 2.28. The molecule has 1 aromatic carbocycles. The van der Waals surface area contributed by atoms with Gasteiger partial charge < -0.3 is 15.5 Å². The fraction of sp³-hybridized carbons (Fsp3) is 0.731. The quantitative estimate of drug-likeness (QED) is 0.648. The van der Waals surface area contributed by atoms with Crippen LogP contribution in [0.2, 0.25) is 0 Å². The molecular weight excluding hydrogens is 398 g/mol. The molecule has 3 fully saturated rings. The largest absolute Gasteiger partial charge is 0.358 e. The molecule has 2 N–H and O–H groups in total. The smallest absolute Gasteiger partial charge is 0.237 e. The van der Waals surface area contributed by atoms with Gasteiger partial charge in [0.2, 0.25) is 5.91 Å². The first kappa shape index (κ1) is 23.7. The number of likely N-dealkylation sites (tertiary alicyclic amines) is 3. The molecule has 3 aliphatic heterocycles. The highest BCUT2D eigenvalue weighted by atomic mass is 16.2. The van der Waals surface area contributed by atoms with Crippen LogP contribution >= 0.6 is 0 Å². The fourth-order valence-electron chi connectivity index (χ4n) is 6.03.